The van der Waals surface area contributed by atoms with Gasteiger partial charge in [0.2, 0.25) is 0 Å². The summed E-state index contributed by atoms with van der Waals surface area (Å²) in [6.07, 6.45) is 0. The molecule has 0 heterocycles. The van der Waals surface area contributed by atoms with Crippen molar-refractivity contribution in [3.05, 3.63) is 94.0 Å². The van der Waals surface area contributed by atoms with Gasteiger partial charge in [-0.25, -0.2) is 0 Å². The number of nitrogens with one attached hydrogen (secondary N) is 1. The van der Waals surface area contributed by atoms with Crippen molar-refractivity contribution in [3.63, 3.8) is 0 Å². The molecule has 1 N–H and O–H groups in total. The molecule has 0 atom stereocenters. The lowest BCUT2D eigenvalue weighted by Crippen LogP contribution is -2.01. The van der Waals surface area contributed by atoms with Crippen LogP contribution in [-0.4, -0.2) is 0 Å². The number of rotatable bonds is 3. The third kappa shape index (κ3) is 5.96. The highest BCUT2D eigenvalue weighted by Crippen LogP contribution is 2.19. The summed E-state index contributed by atoms with van der Waals surface area (Å²) in [5, 5.41) is 3.44. The van der Waals surface area contributed by atoms with Gasteiger partial charge < -0.3 is 5.32 Å². The number of benzene rings is 3. The second-order valence-electron chi connectivity index (χ2n) is 6.87. The molecule has 3 aromatic rings. The van der Waals surface area contributed by atoms with Gasteiger partial charge in [0, 0.05) is 17.1 Å². The largest absolute Gasteiger partial charge is 0.381 e. The van der Waals surface area contributed by atoms with Crippen LogP contribution in [0.25, 0.3) is 0 Å². The van der Waals surface area contributed by atoms with Crippen LogP contribution < -0.4 is 5.32 Å². The lowest BCUT2D eigenvalue weighted by molar-refractivity contribution is 1.11. The molecule has 3 rings (SSSR count). The summed E-state index contributed by atoms with van der Waals surface area (Å²) >= 11 is 4.37. The molecular formula is C24H29NS. The van der Waals surface area contributed by atoms with E-state index in [1.54, 1.807) is 0 Å². The normalized spacial score (nSPS) is 10.1. The van der Waals surface area contributed by atoms with Gasteiger partial charge in [-0.3, -0.25) is 0 Å². The van der Waals surface area contributed by atoms with Crippen LogP contribution in [0.1, 0.15) is 33.4 Å². The summed E-state index contributed by atoms with van der Waals surface area (Å²) < 4.78 is 0. The van der Waals surface area contributed by atoms with Gasteiger partial charge in [-0.2, -0.15) is 0 Å². The van der Waals surface area contributed by atoms with Crippen LogP contribution in [-0.2, 0) is 6.54 Å². The molecule has 0 aliphatic rings. The van der Waals surface area contributed by atoms with Gasteiger partial charge in [-0.1, -0.05) is 48.0 Å². The van der Waals surface area contributed by atoms with Crippen molar-refractivity contribution in [1.29, 1.82) is 0 Å². The first kappa shape index (κ1) is 20.1. The molecule has 0 aliphatic carbocycles. The Balaban J connectivity index is 0.000000228. The van der Waals surface area contributed by atoms with Gasteiger partial charge in [0.1, 0.15) is 0 Å². The van der Waals surface area contributed by atoms with Crippen molar-refractivity contribution >= 4 is 18.3 Å². The molecule has 3 aromatic carbocycles. The molecule has 0 amide bonds. The fourth-order valence-corrected chi connectivity index (χ4v) is 2.80. The zero-order valence-electron chi connectivity index (χ0n) is 16.4. The standard InChI is InChI=1S/C15H17NS.C9H12/c1-11-5-3-4-6-13(11)10-16-14-7-8-15(17)12(2)9-14;1-7-4-5-8(2)9(3)6-7/h3-9,16-17H,10H2,1-2H3;4-6H,1-3H3. The maximum absolute atomic E-state index is 4.37. The molecule has 0 spiro atoms. The van der Waals surface area contributed by atoms with E-state index in [-0.39, 0.29) is 0 Å². The van der Waals surface area contributed by atoms with Crippen molar-refractivity contribution in [2.45, 2.75) is 46.1 Å². The van der Waals surface area contributed by atoms with Crippen LogP contribution in [0, 0.1) is 34.6 Å². The number of hydrogen-bond acceptors (Lipinski definition) is 2. The number of thiol groups is 1. The molecule has 0 saturated heterocycles. The highest BCUT2D eigenvalue weighted by atomic mass is 32.1. The Labute approximate surface area is 163 Å². The van der Waals surface area contributed by atoms with E-state index in [9.17, 15) is 0 Å². The molecule has 0 bridgehead atoms. The summed E-state index contributed by atoms with van der Waals surface area (Å²) in [6, 6.07) is 21.2. The van der Waals surface area contributed by atoms with E-state index < -0.39 is 0 Å². The molecule has 0 aliphatic heterocycles. The van der Waals surface area contributed by atoms with E-state index in [1.807, 2.05) is 6.07 Å². The van der Waals surface area contributed by atoms with E-state index in [4.69, 9.17) is 0 Å². The molecule has 0 unspecified atom stereocenters. The minimum absolute atomic E-state index is 0.859. The first-order chi connectivity index (χ1) is 12.4. The van der Waals surface area contributed by atoms with Crippen molar-refractivity contribution in [2.24, 2.45) is 0 Å². The smallest absolute Gasteiger partial charge is 0.0403 e. The third-order valence-corrected chi connectivity index (χ3v) is 5.11. The summed E-state index contributed by atoms with van der Waals surface area (Å²) in [4.78, 5) is 1.03. The Hall–Kier alpha value is -2.19. The van der Waals surface area contributed by atoms with E-state index in [0.717, 1.165) is 17.1 Å². The first-order valence-corrected chi connectivity index (χ1v) is 9.43. The number of aryl methyl sites for hydroxylation is 5. The quantitative estimate of drug-likeness (QED) is 0.487. The Morgan fingerprint density at radius 1 is 0.692 bits per heavy atom. The van der Waals surface area contributed by atoms with Crippen LogP contribution in [0.5, 0.6) is 0 Å². The predicted molar refractivity (Wildman–Crippen MR) is 118 cm³/mol. The highest BCUT2D eigenvalue weighted by Gasteiger charge is 1.99. The monoisotopic (exact) mass is 363 g/mol. The molecule has 136 valence electrons. The Morgan fingerprint density at radius 2 is 1.42 bits per heavy atom. The van der Waals surface area contributed by atoms with Crippen molar-refractivity contribution < 1.29 is 0 Å². The molecule has 0 radical (unpaired) electrons. The van der Waals surface area contributed by atoms with Crippen LogP contribution >= 0.6 is 12.6 Å². The van der Waals surface area contributed by atoms with Crippen LogP contribution in [0.4, 0.5) is 5.69 Å². The van der Waals surface area contributed by atoms with Crippen LogP contribution in [0.2, 0.25) is 0 Å². The topological polar surface area (TPSA) is 12.0 Å². The minimum Gasteiger partial charge on any atom is -0.381 e. The average Bonchev–Trinajstić information content (AvgIpc) is 2.61. The molecular weight excluding hydrogens is 334 g/mol. The third-order valence-electron chi connectivity index (χ3n) is 4.60. The van der Waals surface area contributed by atoms with E-state index in [2.05, 4.69) is 107 Å². The van der Waals surface area contributed by atoms with E-state index in [1.165, 1.54) is 33.4 Å². The lowest BCUT2D eigenvalue weighted by atomic mass is 10.1. The second-order valence-corrected chi connectivity index (χ2v) is 7.35. The van der Waals surface area contributed by atoms with Gasteiger partial charge >= 0.3 is 0 Å². The maximum Gasteiger partial charge on any atom is 0.0403 e. The molecule has 0 fully saturated rings. The summed E-state index contributed by atoms with van der Waals surface area (Å²) in [5.74, 6) is 0. The Kier molecular flexibility index (Phi) is 7.35. The van der Waals surface area contributed by atoms with E-state index >= 15 is 0 Å². The van der Waals surface area contributed by atoms with Gasteiger partial charge in [-0.05, 0) is 80.6 Å². The van der Waals surface area contributed by atoms with Gasteiger partial charge in [0.05, 0.1) is 0 Å². The minimum atomic E-state index is 0.859. The number of hydrogen-bond donors (Lipinski definition) is 2. The molecule has 1 nitrogen and oxygen atoms in total. The second kappa shape index (κ2) is 9.49. The molecule has 0 saturated carbocycles. The van der Waals surface area contributed by atoms with Crippen molar-refractivity contribution in [1.82, 2.24) is 0 Å². The number of anilines is 1. The summed E-state index contributed by atoms with van der Waals surface area (Å²) in [6.45, 7) is 11.5. The molecule has 2 heteroatoms. The summed E-state index contributed by atoms with van der Waals surface area (Å²) in [5.41, 5.74) is 9.10. The van der Waals surface area contributed by atoms with Gasteiger partial charge in [-0.15, -0.1) is 12.6 Å². The zero-order chi connectivity index (χ0) is 19.1. The summed E-state index contributed by atoms with van der Waals surface area (Å²) in [7, 11) is 0. The SMILES string of the molecule is Cc1cc(NCc2ccccc2C)ccc1S.Cc1ccc(C)c(C)c1. The first-order valence-electron chi connectivity index (χ1n) is 8.98. The van der Waals surface area contributed by atoms with Crippen LogP contribution in [0.3, 0.4) is 0 Å². The Morgan fingerprint density at radius 3 is 2.04 bits per heavy atom. The highest BCUT2D eigenvalue weighted by molar-refractivity contribution is 7.80. The van der Waals surface area contributed by atoms with Crippen LogP contribution in [0.15, 0.2) is 65.6 Å². The molecule has 0 aromatic heterocycles. The Bertz CT molecular complexity index is 868. The fourth-order valence-electron chi connectivity index (χ4n) is 2.66. The van der Waals surface area contributed by atoms with E-state index in [0.29, 0.717) is 0 Å². The fraction of sp³-hybridized carbons (Fsp3) is 0.250. The van der Waals surface area contributed by atoms with Crippen molar-refractivity contribution in [2.75, 3.05) is 5.32 Å². The molecule has 26 heavy (non-hydrogen) atoms. The van der Waals surface area contributed by atoms with Gasteiger partial charge in [0.15, 0.2) is 0 Å². The average molecular weight is 364 g/mol. The predicted octanol–water partition coefficient (Wildman–Crippen LogP) is 6.82. The maximum atomic E-state index is 4.37. The van der Waals surface area contributed by atoms with Gasteiger partial charge in [0.25, 0.3) is 0 Å². The lowest BCUT2D eigenvalue weighted by Gasteiger charge is -2.10. The zero-order valence-corrected chi connectivity index (χ0v) is 17.3. The van der Waals surface area contributed by atoms with Crippen molar-refractivity contribution in [3.8, 4) is 0 Å².